The third-order valence-corrected chi connectivity index (χ3v) is 3.04. The molecule has 1 heterocycles. The zero-order valence-corrected chi connectivity index (χ0v) is 10.6. The summed E-state index contributed by atoms with van der Waals surface area (Å²) >= 11 is 3.37. The van der Waals surface area contributed by atoms with Gasteiger partial charge in [-0.25, -0.2) is 4.98 Å². The van der Waals surface area contributed by atoms with Crippen LogP contribution in [0.4, 0.5) is 0 Å². The van der Waals surface area contributed by atoms with Crippen LogP contribution in [-0.4, -0.2) is 9.97 Å². The molecule has 16 heavy (non-hydrogen) atoms. The molecule has 0 atom stereocenters. The number of aromatic amines is 1. The van der Waals surface area contributed by atoms with Gasteiger partial charge in [0.1, 0.15) is 5.82 Å². The number of H-pyrrole nitrogens is 1. The summed E-state index contributed by atoms with van der Waals surface area (Å²) in [5, 5.41) is 0. The van der Waals surface area contributed by atoms with E-state index < -0.39 is 0 Å². The standard InChI is InChI=1S/C12H11BrN2O/c1-7-8(2)14-11(15-12(7)16)9-3-5-10(13)6-4-9/h3-6H,1-2H3,(H,14,15,16). The molecule has 0 saturated carbocycles. The Morgan fingerprint density at radius 2 is 1.81 bits per heavy atom. The summed E-state index contributed by atoms with van der Waals surface area (Å²) in [7, 11) is 0. The number of rotatable bonds is 1. The summed E-state index contributed by atoms with van der Waals surface area (Å²) in [6.07, 6.45) is 0. The molecule has 0 fully saturated rings. The lowest BCUT2D eigenvalue weighted by Gasteiger charge is -2.04. The number of hydrogen-bond acceptors (Lipinski definition) is 2. The molecule has 1 N–H and O–H groups in total. The van der Waals surface area contributed by atoms with E-state index in [1.54, 1.807) is 6.92 Å². The van der Waals surface area contributed by atoms with Crippen molar-refractivity contribution < 1.29 is 0 Å². The summed E-state index contributed by atoms with van der Waals surface area (Å²) in [5.74, 6) is 0.612. The van der Waals surface area contributed by atoms with E-state index in [0.717, 1.165) is 15.7 Å². The lowest BCUT2D eigenvalue weighted by molar-refractivity contribution is 1.03. The van der Waals surface area contributed by atoms with Crippen molar-refractivity contribution >= 4 is 15.9 Å². The number of hydrogen-bond donors (Lipinski definition) is 1. The average molecular weight is 279 g/mol. The second-order valence-electron chi connectivity index (χ2n) is 3.63. The summed E-state index contributed by atoms with van der Waals surface area (Å²) in [6, 6.07) is 7.67. The predicted molar refractivity (Wildman–Crippen MR) is 67.5 cm³/mol. The summed E-state index contributed by atoms with van der Waals surface area (Å²) in [6.45, 7) is 3.61. The van der Waals surface area contributed by atoms with E-state index in [1.807, 2.05) is 31.2 Å². The Labute approximate surface area is 102 Å². The molecule has 4 heteroatoms. The number of nitrogens with one attached hydrogen (secondary N) is 1. The van der Waals surface area contributed by atoms with Crippen LogP contribution in [0.1, 0.15) is 11.3 Å². The quantitative estimate of drug-likeness (QED) is 0.872. The van der Waals surface area contributed by atoms with Crippen LogP contribution in [0.3, 0.4) is 0 Å². The van der Waals surface area contributed by atoms with Crippen LogP contribution in [0.15, 0.2) is 33.5 Å². The highest BCUT2D eigenvalue weighted by molar-refractivity contribution is 9.10. The molecule has 0 radical (unpaired) electrons. The first-order valence-electron chi connectivity index (χ1n) is 4.91. The van der Waals surface area contributed by atoms with Gasteiger partial charge in [-0.05, 0) is 26.0 Å². The minimum absolute atomic E-state index is 0.0783. The number of halogens is 1. The summed E-state index contributed by atoms with van der Waals surface area (Å²) < 4.78 is 1.00. The number of benzene rings is 1. The van der Waals surface area contributed by atoms with E-state index in [-0.39, 0.29) is 5.56 Å². The Morgan fingerprint density at radius 3 is 2.38 bits per heavy atom. The zero-order valence-electron chi connectivity index (χ0n) is 9.04. The average Bonchev–Trinajstić information content (AvgIpc) is 2.26. The molecule has 0 bridgehead atoms. The predicted octanol–water partition coefficient (Wildman–Crippen LogP) is 2.82. The van der Waals surface area contributed by atoms with Crippen molar-refractivity contribution in [2.24, 2.45) is 0 Å². The fourth-order valence-electron chi connectivity index (χ4n) is 1.39. The molecule has 0 aliphatic carbocycles. The molecule has 0 unspecified atom stereocenters. The van der Waals surface area contributed by atoms with Gasteiger partial charge in [0.15, 0.2) is 0 Å². The van der Waals surface area contributed by atoms with Gasteiger partial charge < -0.3 is 4.98 Å². The Hall–Kier alpha value is -1.42. The molecule has 0 amide bonds. The molecule has 2 rings (SSSR count). The number of aromatic nitrogens is 2. The van der Waals surface area contributed by atoms with Gasteiger partial charge >= 0.3 is 0 Å². The third-order valence-electron chi connectivity index (χ3n) is 2.51. The van der Waals surface area contributed by atoms with Crippen LogP contribution in [-0.2, 0) is 0 Å². The molecule has 1 aromatic carbocycles. The van der Waals surface area contributed by atoms with E-state index in [1.165, 1.54) is 0 Å². The smallest absolute Gasteiger partial charge is 0.254 e. The molecule has 0 aliphatic heterocycles. The lowest BCUT2D eigenvalue weighted by atomic mass is 10.2. The van der Waals surface area contributed by atoms with Crippen LogP contribution in [0.25, 0.3) is 11.4 Å². The van der Waals surface area contributed by atoms with Gasteiger partial charge in [-0.15, -0.1) is 0 Å². The van der Waals surface area contributed by atoms with Crippen molar-refractivity contribution in [3.8, 4) is 11.4 Å². The van der Waals surface area contributed by atoms with E-state index in [4.69, 9.17) is 0 Å². The number of nitrogens with zero attached hydrogens (tertiary/aromatic N) is 1. The van der Waals surface area contributed by atoms with Gasteiger partial charge in [0.25, 0.3) is 5.56 Å². The molecule has 2 aromatic rings. The zero-order chi connectivity index (χ0) is 11.7. The maximum atomic E-state index is 11.6. The molecule has 1 aromatic heterocycles. The van der Waals surface area contributed by atoms with Crippen molar-refractivity contribution in [1.29, 1.82) is 0 Å². The van der Waals surface area contributed by atoms with E-state index >= 15 is 0 Å². The van der Waals surface area contributed by atoms with Crippen molar-refractivity contribution in [3.05, 3.63) is 50.3 Å². The van der Waals surface area contributed by atoms with Crippen molar-refractivity contribution in [3.63, 3.8) is 0 Å². The van der Waals surface area contributed by atoms with Gasteiger partial charge in [0.05, 0.1) is 0 Å². The Bertz CT molecular complexity index is 573. The first-order chi connectivity index (χ1) is 7.58. The van der Waals surface area contributed by atoms with Crippen molar-refractivity contribution in [2.45, 2.75) is 13.8 Å². The summed E-state index contributed by atoms with van der Waals surface area (Å²) in [4.78, 5) is 18.7. The Balaban J connectivity index is 2.57. The van der Waals surface area contributed by atoms with Crippen LogP contribution < -0.4 is 5.56 Å². The van der Waals surface area contributed by atoms with E-state index in [2.05, 4.69) is 25.9 Å². The fourth-order valence-corrected chi connectivity index (χ4v) is 1.65. The normalized spacial score (nSPS) is 10.4. The molecule has 82 valence electrons. The van der Waals surface area contributed by atoms with Gasteiger partial charge in [-0.2, -0.15) is 0 Å². The fraction of sp³-hybridized carbons (Fsp3) is 0.167. The topological polar surface area (TPSA) is 45.8 Å². The van der Waals surface area contributed by atoms with Crippen LogP contribution in [0, 0.1) is 13.8 Å². The molecule has 0 saturated heterocycles. The Morgan fingerprint density at radius 1 is 1.19 bits per heavy atom. The molecular weight excluding hydrogens is 268 g/mol. The largest absolute Gasteiger partial charge is 0.306 e. The Kier molecular flexibility index (Phi) is 2.92. The van der Waals surface area contributed by atoms with E-state index in [0.29, 0.717) is 11.4 Å². The SMILES string of the molecule is Cc1nc(-c2ccc(Br)cc2)[nH]c(=O)c1C. The maximum Gasteiger partial charge on any atom is 0.254 e. The third kappa shape index (κ3) is 2.07. The minimum atomic E-state index is -0.0783. The first kappa shape index (κ1) is 11.1. The molecular formula is C12H11BrN2O. The second-order valence-corrected chi connectivity index (χ2v) is 4.55. The first-order valence-corrected chi connectivity index (χ1v) is 5.70. The van der Waals surface area contributed by atoms with Gasteiger partial charge in [0.2, 0.25) is 0 Å². The lowest BCUT2D eigenvalue weighted by Crippen LogP contribution is -2.14. The van der Waals surface area contributed by atoms with Crippen molar-refractivity contribution in [2.75, 3.05) is 0 Å². The van der Waals surface area contributed by atoms with Gasteiger partial charge in [-0.1, -0.05) is 28.1 Å². The number of aryl methyl sites for hydroxylation is 1. The highest BCUT2D eigenvalue weighted by Gasteiger charge is 2.05. The van der Waals surface area contributed by atoms with Crippen LogP contribution in [0.2, 0.25) is 0 Å². The minimum Gasteiger partial charge on any atom is -0.306 e. The van der Waals surface area contributed by atoms with Crippen LogP contribution in [0.5, 0.6) is 0 Å². The van der Waals surface area contributed by atoms with Crippen LogP contribution >= 0.6 is 15.9 Å². The molecule has 0 aliphatic rings. The highest BCUT2D eigenvalue weighted by Crippen LogP contribution is 2.17. The van der Waals surface area contributed by atoms with E-state index in [9.17, 15) is 4.79 Å². The summed E-state index contributed by atoms with van der Waals surface area (Å²) in [5.41, 5.74) is 2.26. The molecule has 0 spiro atoms. The molecule has 3 nitrogen and oxygen atoms in total. The monoisotopic (exact) mass is 278 g/mol. The highest BCUT2D eigenvalue weighted by atomic mass is 79.9. The van der Waals surface area contributed by atoms with Gasteiger partial charge in [-0.3, -0.25) is 4.79 Å². The van der Waals surface area contributed by atoms with Gasteiger partial charge in [0, 0.05) is 21.3 Å². The maximum absolute atomic E-state index is 11.6. The second kappa shape index (κ2) is 4.22. The van der Waals surface area contributed by atoms with Crippen molar-refractivity contribution in [1.82, 2.24) is 9.97 Å².